The van der Waals surface area contributed by atoms with Crippen LogP contribution in [0.3, 0.4) is 0 Å². The number of hydrogen-bond acceptors (Lipinski definition) is 5. The summed E-state index contributed by atoms with van der Waals surface area (Å²) < 4.78 is 5.47. The third kappa shape index (κ3) is 2.68. The Kier molecular flexibility index (Phi) is 3.13. The van der Waals surface area contributed by atoms with E-state index >= 15 is 0 Å². The van der Waals surface area contributed by atoms with E-state index in [-0.39, 0.29) is 0 Å². The van der Waals surface area contributed by atoms with Crippen molar-refractivity contribution < 1.29 is 9.84 Å². The fraction of sp³-hybridized carbons (Fsp3) is 0.333. The van der Waals surface area contributed by atoms with Crippen LogP contribution in [0.15, 0.2) is 36.4 Å². The minimum absolute atomic E-state index is 0.538. The first-order valence-corrected chi connectivity index (χ1v) is 7.86. The van der Waals surface area contributed by atoms with Crippen LogP contribution in [0.1, 0.15) is 13.8 Å². The third-order valence-electron chi connectivity index (χ3n) is 4.18. The monoisotopic (exact) mass is 311 g/mol. The lowest BCUT2D eigenvalue weighted by atomic mass is 10.0. The first kappa shape index (κ1) is 14.2. The number of nitrogens with zero attached hydrogens (tertiary/aromatic N) is 1. The zero-order valence-corrected chi connectivity index (χ0v) is 13.4. The molecule has 120 valence electrons. The highest BCUT2D eigenvalue weighted by Gasteiger charge is 2.24. The Morgan fingerprint density at radius 2 is 1.83 bits per heavy atom. The second-order valence-corrected chi connectivity index (χ2v) is 6.75. The molecule has 0 fully saturated rings. The average Bonchev–Trinajstić information content (AvgIpc) is 3.11. The van der Waals surface area contributed by atoms with Crippen LogP contribution < -0.4 is 20.3 Å². The molecule has 0 amide bonds. The highest BCUT2D eigenvalue weighted by Crippen LogP contribution is 2.38. The summed E-state index contributed by atoms with van der Waals surface area (Å²) in [5.74, 6) is 0.907. The maximum absolute atomic E-state index is 10.0. The SMILES string of the molecule is CC(C)(O)CN1CNc2cc(-c3ccc4c(c3)NCO4)ccc21. The predicted octanol–water partition coefficient (Wildman–Crippen LogP) is 3.08. The molecule has 3 N–H and O–H groups in total. The summed E-state index contributed by atoms with van der Waals surface area (Å²) in [7, 11) is 0. The van der Waals surface area contributed by atoms with Gasteiger partial charge in [-0.2, -0.15) is 0 Å². The molecule has 2 aliphatic rings. The lowest BCUT2D eigenvalue weighted by molar-refractivity contribution is 0.0880. The molecule has 5 nitrogen and oxygen atoms in total. The van der Waals surface area contributed by atoms with Gasteiger partial charge in [0.25, 0.3) is 0 Å². The van der Waals surface area contributed by atoms with E-state index in [0.717, 1.165) is 40.6 Å². The fourth-order valence-electron chi connectivity index (χ4n) is 3.17. The van der Waals surface area contributed by atoms with Crippen LogP contribution in [0.5, 0.6) is 5.75 Å². The van der Waals surface area contributed by atoms with Gasteiger partial charge in [-0.1, -0.05) is 12.1 Å². The summed E-state index contributed by atoms with van der Waals surface area (Å²) >= 11 is 0. The average molecular weight is 311 g/mol. The topological polar surface area (TPSA) is 56.8 Å². The number of aliphatic hydroxyl groups is 1. The van der Waals surface area contributed by atoms with Gasteiger partial charge in [-0.15, -0.1) is 0 Å². The molecule has 2 aromatic rings. The smallest absolute Gasteiger partial charge is 0.159 e. The molecule has 23 heavy (non-hydrogen) atoms. The van der Waals surface area contributed by atoms with Crippen molar-refractivity contribution in [2.24, 2.45) is 0 Å². The second kappa shape index (κ2) is 5.06. The molecular weight excluding hydrogens is 290 g/mol. The number of nitrogens with one attached hydrogen (secondary N) is 2. The lowest BCUT2D eigenvalue weighted by Crippen LogP contribution is -2.38. The number of fused-ring (bicyclic) bond motifs is 2. The van der Waals surface area contributed by atoms with Crippen molar-refractivity contribution in [3.05, 3.63) is 36.4 Å². The van der Waals surface area contributed by atoms with Crippen molar-refractivity contribution in [1.29, 1.82) is 0 Å². The number of β-amino-alcohol motifs (C(OH)–C–C–N with tert-alkyl or cyclic N) is 1. The van der Waals surface area contributed by atoms with E-state index in [4.69, 9.17) is 4.74 Å². The molecule has 2 aliphatic heterocycles. The molecule has 0 aliphatic carbocycles. The van der Waals surface area contributed by atoms with E-state index in [1.165, 1.54) is 0 Å². The molecule has 0 saturated heterocycles. The van der Waals surface area contributed by atoms with Crippen LogP contribution >= 0.6 is 0 Å². The highest BCUT2D eigenvalue weighted by atomic mass is 16.5. The quantitative estimate of drug-likeness (QED) is 0.813. The molecule has 4 rings (SSSR count). The van der Waals surface area contributed by atoms with Gasteiger partial charge in [0.15, 0.2) is 6.73 Å². The van der Waals surface area contributed by atoms with E-state index < -0.39 is 5.60 Å². The number of hydrogen-bond donors (Lipinski definition) is 3. The molecule has 0 saturated carbocycles. The van der Waals surface area contributed by atoms with Crippen LogP contribution in [-0.4, -0.2) is 30.7 Å². The third-order valence-corrected chi connectivity index (χ3v) is 4.18. The van der Waals surface area contributed by atoms with Crippen LogP contribution in [0.25, 0.3) is 11.1 Å². The summed E-state index contributed by atoms with van der Waals surface area (Å²) in [6, 6.07) is 12.6. The normalized spacial score (nSPS) is 15.5. The zero-order chi connectivity index (χ0) is 16.0. The minimum atomic E-state index is -0.715. The molecule has 0 atom stereocenters. The molecule has 0 aromatic heterocycles. The first-order chi connectivity index (χ1) is 11.0. The molecule has 0 spiro atoms. The zero-order valence-electron chi connectivity index (χ0n) is 13.4. The van der Waals surface area contributed by atoms with Crippen molar-refractivity contribution in [1.82, 2.24) is 0 Å². The molecular formula is C18H21N3O2. The van der Waals surface area contributed by atoms with Crippen molar-refractivity contribution in [2.75, 3.05) is 35.5 Å². The summed E-state index contributed by atoms with van der Waals surface area (Å²) in [6.45, 7) is 5.53. The van der Waals surface area contributed by atoms with E-state index in [1.54, 1.807) is 0 Å². The summed E-state index contributed by atoms with van der Waals surface area (Å²) in [4.78, 5) is 2.16. The van der Waals surface area contributed by atoms with Crippen LogP contribution in [0.2, 0.25) is 0 Å². The Labute approximate surface area is 135 Å². The fourth-order valence-corrected chi connectivity index (χ4v) is 3.17. The Morgan fingerprint density at radius 3 is 2.61 bits per heavy atom. The minimum Gasteiger partial charge on any atom is -0.471 e. The van der Waals surface area contributed by atoms with Gasteiger partial charge in [0, 0.05) is 6.54 Å². The summed E-state index contributed by atoms with van der Waals surface area (Å²) in [5.41, 5.74) is 4.90. The van der Waals surface area contributed by atoms with Gasteiger partial charge < -0.3 is 25.4 Å². The van der Waals surface area contributed by atoms with Gasteiger partial charge in [0.1, 0.15) is 5.75 Å². The van der Waals surface area contributed by atoms with Crippen LogP contribution in [0, 0.1) is 0 Å². The van der Waals surface area contributed by atoms with E-state index in [0.29, 0.717) is 13.3 Å². The molecule has 5 heteroatoms. The van der Waals surface area contributed by atoms with Gasteiger partial charge >= 0.3 is 0 Å². The van der Waals surface area contributed by atoms with Crippen molar-refractivity contribution >= 4 is 17.1 Å². The van der Waals surface area contributed by atoms with Gasteiger partial charge in [-0.3, -0.25) is 0 Å². The largest absolute Gasteiger partial charge is 0.471 e. The van der Waals surface area contributed by atoms with Crippen molar-refractivity contribution in [3.8, 4) is 16.9 Å². The van der Waals surface area contributed by atoms with Crippen molar-refractivity contribution in [2.45, 2.75) is 19.4 Å². The number of benzene rings is 2. The molecule has 2 heterocycles. The predicted molar refractivity (Wildman–Crippen MR) is 93.1 cm³/mol. The van der Waals surface area contributed by atoms with Gasteiger partial charge in [0.2, 0.25) is 0 Å². The van der Waals surface area contributed by atoms with Gasteiger partial charge in [0.05, 0.1) is 29.3 Å². The number of rotatable bonds is 3. The Morgan fingerprint density at radius 1 is 1.09 bits per heavy atom. The van der Waals surface area contributed by atoms with E-state index in [9.17, 15) is 5.11 Å². The van der Waals surface area contributed by atoms with Crippen molar-refractivity contribution in [3.63, 3.8) is 0 Å². The van der Waals surface area contributed by atoms with E-state index in [2.05, 4.69) is 45.9 Å². The standard InChI is InChI=1S/C18H21N3O2/c1-18(2,22)9-21-10-19-14-7-12(3-5-16(14)21)13-4-6-17-15(8-13)20-11-23-17/h3-8,19-20,22H,9-11H2,1-2H3. The second-order valence-electron chi connectivity index (χ2n) is 6.75. The lowest BCUT2D eigenvalue weighted by Gasteiger charge is -2.26. The maximum Gasteiger partial charge on any atom is 0.159 e. The summed E-state index contributed by atoms with van der Waals surface area (Å²) in [6.07, 6.45) is 0. The van der Waals surface area contributed by atoms with Gasteiger partial charge in [-0.25, -0.2) is 0 Å². The first-order valence-electron chi connectivity index (χ1n) is 7.86. The maximum atomic E-state index is 10.0. The van der Waals surface area contributed by atoms with Gasteiger partial charge in [-0.05, 0) is 49.2 Å². The van der Waals surface area contributed by atoms with Crippen LogP contribution in [-0.2, 0) is 0 Å². The molecule has 0 unspecified atom stereocenters. The molecule has 0 bridgehead atoms. The Hall–Kier alpha value is -2.40. The number of anilines is 3. The van der Waals surface area contributed by atoms with Crippen LogP contribution in [0.4, 0.5) is 17.1 Å². The Balaban J connectivity index is 1.63. The molecule has 0 radical (unpaired) electrons. The van der Waals surface area contributed by atoms with E-state index in [1.807, 2.05) is 19.9 Å². The molecule has 2 aromatic carbocycles. The highest BCUT2D eigenvalue weighted by molar-refractivity contribution is 5.82. The summed E-state index contributed by atoms with van der Waals surface area (Å²) in [5, 5.41) is 16.7. The Bertz CT molecular complexity index is 752. The number of ether oxygens (including phenoxy) is 1.